The summed E-state index contributed by atoms with van der Waals surface area (Å²) >= 11 is 0. The summed E-state index contributed by atoms with van der Waals surface area (Å²) in [6, 6.07) is 8.29. The highest BCUT2D eigenvalue weighted by atomic mass is 16.5. The second-order valence-corrected chi connectivity index (χ2v) is 6.38. The van der Waals surface area contributed by atoms with E-state index in [-0.39, 0.29) is 12.1 Å². The Balaban J connectivity index is 1.95. The minimum absolute atomic E-state index is 0.0266. The number of hydrogen-bond acceptors (Lipinski definition) is 3. The lowest BCUT2D eigenvalue weighted by molar-refractivity contribution is -0.151. The van der Waals surface area contributed by atoms with Gasteiger partial charge in [0.2, 0.25) is 0 Å². The van der Waals surface area contributed by atoms with Crippen LogP contribution in [-0.4, -0.2) is 18.7 Å². The van der Waals surface area contributed by atoms with Gasteiger partial charge in [-0.1, -0.05) is 38.3 Å². The molecule has 0 aromatic heterocycles. The normalized spacial score (nSPS) is 21.0. The minimum Gasteiger partial charge on any atom is -0.494 e. The third kappa shape index (κ3) is 5.56. The van der Waals surface area contributed by atoms with Gasteiger partial charge in [-0.2, -0.15) is 0 Å². The second-order valence-electron chi connectivity index (χ2n) is 6.38. The molecule has 1 aliphatic carbocycles. The Morgan fingerprint density at radius 3 is 2.52 bits per heavy atom. The van der Waals surface area contributed by atoms with Crippen LogP contribution in [0.5, 0.6) is 5.75 Å². The van der Waals surface area contributed by atoms with Crippen LogP contribution >= 0.6 is 0 Å². The molecular formula is C20H30O3. The zero-order valence-corrected chi connectivity index (χ0v) is 14.6. The topological polar surface area (TPSA) is 35.5 Å². The van der Waals surface area contributed by atoms with Crippen molar-refractivity contribution in [2.45, 2.75) is 77.2 Å². The maximum Gasteiger partial charge on any atom is 0.306 e. The lowest BCUT2D eigenvalue weighted by atomic mass is 9.81. The summed E-state index contributed by atoms with van der Waals surface area (Å²) in [5.74, 6) is 1.20. The van der Waals surface area contributed by atoms with Crippen LogP contribution in [0.4, 0.5) is 0 Å². The van der Waals surface area contributed by atoms with E-state index in [0.717, 1.165) is 44.3 Å². The van der Waals surface area contributed by atoms with E-state index in [1.165, 1.54) is 12.0 Å². The van der Waals surface area contributed by atoms with Crippen molar-refractivity contribution in [3.05, 3.63) is 29.8 Å². The summed E-state index contributed by atoms with van der Waals surface area (Å²) in [5, 5.41) is 0. The molecule has 0 bridgehead atoms. The van der Waals surface area contributed by atoms with Crippen molar-refractivity contribution in [1.29, 1.82) is 0 Å². The fraction of sp³-hybridized carbons (Fsp3) is 0.650. The molecule has 1 saturated carbocycles. The average molecular weight is 318 g/mol. The lowest BCUT2D eigenvalue weighted by Crippen LogP contribution is -2.28. The second kappa shape index (κ2) is 9.59. The SMILES string of the molecule is CCCCCC(=O)OC1CCCCC1c1ccc(OCC)cc1. The van der Waals surface area contributed by atoms with Crippen molar-refractivity contribution in [1.82, 2.24) is 0 Å². The van der Waals surface area contributed by atoms with E-state index in [1.807, 2.05) is 19.1 Å². The summed E-state index contributed by atoms with van der Waals surface area (Å²) < 4.78 is 11.3. The van der Waals surface area contributed by atoms with Crippen molar-refractivity contribution >= 4 is 5.97 Å². The summed E-state index contributed by atoms with van der Waals surface area (Å²) in [6.07, 6.45) is 8.21. The molecule has 1 fully saturated rings. The van der Waals surface area contributed by atoms with Gasteiger partial charge < -0.3 is 9.47 Å². The summed E-state index contributed by atoms with van der Waals surface area (Å²) in [4.78, 5) is 12.1. The molecule has 2 atom stereocenters. The molecular weight excluding hydrogens is 288 g/mol. The van der Waals surface area contributed by atoms with Crippen molar-refractivity contribution in [2.24, 2.45) is 0 Å². The molecule has 2 rings (SSSR count). The third-order valence-corrected chi connectivity index (χ3v) is 4.59. The molecule has 0 saturated heterocycles. The number of ether oxygens (including phenoxy) is 2. The van der Waals surface area contributed by atoms with Crippen molar-refractivity contribution in [2.75, 3.05) is 6.61 Å². The molecule has 1 aliphatic rings. The fourth-order valence-corrected chi connectivity index (χ4v) is 3.34. The first-order valence-electron chi connectivity index (χ1n) is 9.16. The van der Waals surface area contributed by atoms with Gasteiger partial charge in [-0.25, -0.2) is 0 Å². The summed E-state index contributed by atoms with van der Waals surface area (Å²) in [6.45, 7) is 4.82. The van der Waals surface area contributed by atoms with Crippen LogP contribution < -0.4 is 4.74 Å². The molecule has 2 unspecified atom stereocenters. The number of rotatable bonds is 8. The van der Waals surface area contributed by atoms with Gasteiger partial charge in [0.05, 0.1) is 6.61 Å². The Morgan fingerprint density at radius 2 is 1.83 bits per heavy atom. The van der Waals surface area contributed by atoms with Crippen LogP contribution in [-0.2, 0) is 9.53 Å². The van der Waals surface area contributed by atoms with E-state index in [2.05, 4.69) is 19.1 Å². The van der Waals surface area contributed by atoms with Crippen molar-refractivity contribution in [3.8, 4) is 5.75 Å². The van der Waals surface area contributed by atoms with Gasteiger partial charge in [0, 0.05) is 12.3 Å². The van der Waals surface area contributed by atoms with Crippen LogP contribution in [0.15, 0.2) is 24.3 Å². The minimum atomic E-state index is -0.0266. The largest absolute Gasteiger partial charge is 0.494 e. The van der Waals surface area contributed by atoms with Gasteiger partial charge in [0.25, 0.3) is 0 Å². The monoisotopic (exact) mass is 318 g/mol. The summed E-state index contributed by atoms with van der Waals surface area (Å²) in [5.41, 5.74) is 1.26. The highest BCUT2D eigenvalue weighted by molar-refractivity contribution is 5.69. The zero-order valence-electron chi connectivity index (χ0n) is 14.6. The van der Waals surface area contributed by atoms with Gasteiger partial charge >= 0.3 is 5.97 Å². The molecule has 0 radical (unpaired) electrons. The smallest absolute Gasteiger partial charge is 0.306 e. The lowest BCUT2D eigenvalue weighted by Gasteiger charge is -2.31. The first-order valence-corrected chi connectivity index (χ1v) is 9.16. The fourth-order valence-electron chi connectivity index (χ4n) is 3.34. The molecule has 0 aliphatic heterocycles. The first-order chi connectivity index (χ1) is 11.2. The number of unbranched alkanes of at least 4 members (excludes halogenated alkanes) is 2. The molecule has 0 heterocycles. The number of esters is 1. The third-order valence-electron chi connectivity index (χ3n) is 4.59. The van der Waals surface area contributed by atoms with E-state index in [1.54, 1.807) is 0 Å². The Morgan fingerprint density at radius 1 is 1.09 bits per heavy atom. The number of benzene rings is 1. The van der Waals surface area contributed by atoms with Crippen LogP contribution in [0.25, 0.3) is 0 Å². The Hall–Kier alpha value is -1.51. The average Bonchev–Trinajstić information content (AvgIpc) is 2.57. The number of carbonyl (C=O) groups is 1. The van der Waals surface area contributed by atoms with E-state index in [9.17, 15) is 4.79 Å². The van der Waals surface area contributed by atoms with Crippen molar-refractivity contribution in [3.63, 3.8) is 0 Å². The maximum absolute atomic E-state index is 12.1. The van der Waals surface area contributed by atoms with Gasteiger partial charge in [0.15, 0.2) is 0 Å². The van der Waals surface area contributed by atoms with E-state index in [0.29, 0.717) is 18.9 Å². The quantitative estimate of drug-likeness (QED) is 0.486. The number of carbonyl (C=O) groups excluding carboxylic acids is 1. The van der Waals surface area contributed by atoms with E-state index >= 15 is 0 Å². The molecule has 3 heteroatoms. The molecule has 0 N–H and O–H groups in total. The molecule has 0 amide bonds. The Labute approximate surface area is 140 Å². The van der Waals surface area contributed by atoms with Gasteiger partial charge in [-0.05, 0) is 50.3 Å². The Bertz CT molecular complexity index is 466. The molecule has 23 heavy (non-hydrogen) atoms. The Kier molecular flexibility index (Phi) is 7.44. The van der Waals surface area contributed by atoms with Crippen LogP contribution in [0.2, 0.25) is 0 Å². The van der Waals surface area contributed by atoms with E-state index < -0.39 is 0 Å². The summed E-state index contributed by atoms with van der Waals surface area (Å²) in [7, 11) is 0. The zero-order chi connectivity index (χ0) is 16.5. The highest BCUT2D eigenvalue weighted by Gasteiger charge is 2.29. The van der Waals surface area contributed by atoms with Gasteiger partial charge in [-0.3, -0.25) is 4.79 Å². The molecule has 1 aromatic rings. The van der Waals surface area contributed by atoms with Crippen LogP contribution in [0, 0.1) is 0 Å². The van der Waals surface area contributed by atoms with Crippen LogP contribution in [0.1, 0.15) is 76.7 Å². The highest BCUT2D eigenvalue weighted by Crippen LogP contribution is 2.36. The van der Waals surface area contributed by atoms with Gasteiger partial charge in [-0.15, -0.1) is 0 Å². The molecule has 0 spiro atoms. The first kappa shape index (κ1) is 17.8. The molecule has 1 aromatic carbocycles. The molecule has 3 nitrogen and oxygen atoms in total. The molecule has 128 valence electrons. The number of hydrogen-bond donors (Lipinski definition) is 0. The van der Waals surface area contributed by atoms with E-state index in [4.69, 9.17) is 9.47 Å². The maximum atomic E-state index is 12.1. The van der Waals surface area contributed by atoms with Crippen molar-refractivity contribution < 1.29 is 14.3 Å². The van der Waals surface area contributed by atoms with Crippen LogP contribution in [0.3, 0.4) is 0 Å². The predicted molar refractivity (Wildman–Crippen MR) is 92.8 cm³/mol. The standard InChI is InChI=1S/C20H30O3/c1-3-5-6-11-20(21)23-19-10-8-7-9-18(19)16-12-14-17(15-13-16)22-4-2/h12-15,18-19H,3-11H2,1-2H3. The van der Waals surface area contributed by atoms with Gasteiger partial charge in [0.1, 0.15) is 11.9 Å². The predicted octanol–water partition coefficient (Wildman–Crippen LogP) is 5.24.